The lowest BCUT2D eigenvalue weighted by molar-refractivity contribution is -0.159. The zero-order valence-electron chi connectivity index (χ0n) is 23.6. The number of carbonyl (C=O) groups excluding carboxylic acids is 4. The van der Waals surface area contributed by atoms with Crippen molar-refractivity contribution >= 4 is 23.7 Å². The fraction of sp³-hybridized carbons (Fsp3) is 0.724. The Morgan fingerprint density at radius 2 is 2.05 bits per heavy atom. The first kappa shape index (κ1) is 30.8. The summed E-state index contributed by atoms with van der Waals surface area (Å²) in [5.74, 6) is -2.90. The molecule has 3 aliphatic heterocycles. The van der Waals surface area contributed by atoms with Crippen LogP contribution < -0.4 is 5.32 Å². The summed E-state index contributed by atoms with van der Waals surface area (Å²) < 4.78 is 12.1. The zero-order valence-corrected chi connectivity index (χ0v) is 23.6. The third-order valence-electron chi connectivity index (χ3n) is 8.19. The zero-order chi connectivity index (χ0) is 28.7. The van der Waals surface area contributed by atoms with Crippen molar-refractivity contribution in [3.8, 4) is 0 Å². The maximum absolute atomic E-state index is 14.2. The van der Waals surface area contributed by atoms with E-state index in [1.54, 1.807) is 24.0 Å². The van der Waals surface area contributed by atoms with Gasteiger partial charge in [0.1, 0.15) is 17.7 Å². The average Bonchev–Trinajstić information content (AvgIpc) is 3.55. The SMILES string of the molecule is C=CCCC(=O)NC[C@H](C)OC(=O)[C@@H]1[C@H]2C(=O)N(CCCO)[C@H](C(=O)N(CC=C)C(C)CCC)[C@]23CC[C@H]1O3. The minimum atomic E-state index is -1.12. The number of hydrogen-bond donors (Lipinski definition) is 2. The number of aliphatic hydroxyl groups is 1. The third kappa shape index (κ3) is 6.22. The molecule has 2 bridgehead atoms. The Morgan fingerprint density at radius 3 is 2.69 bits per heavy atom. The third-order valence-corrected chi connectivity index (χ3v) is 8.19. The number of fused-ring (bicyclic) bond motifs is 1. The molecule has 39 heavy (non-hydrogen) atoms. The van der Waals surface area contributed by atoms with Crippen molar-refractivity contribution in [1.29, 1.82) is 0 Å². The Kier molecular flexibility index (Phi) is 10.7. The van der Waals surface area contributed by atoms with Crippen LogP contribution in [0.2, 0.25) is 0 Å². The molecule has 1 unspecified atom stereocenters. The van der Waals surface area contributed by atoms with Crippen molar-refractivity contribution in [2.45, 2.75) is 95.6 Å². The summed E-state index contributed by atoms with van der Waals surface area (Å²) in [5, 5.41) is 12.3. The van der Waals surface area contributed by atoms with Gasteiger partial charge in [-0.05, 0) is 46.0 Å². The second kappa shape index (κ2) is 13.6. The topological polar surface area (TPSA) is 125 Å². The smallest absolute Gasteiger partial charge is 0.312 e. The van der Waals surface area contributed by atoms with Gasteiger partial charge in [0.25, 0.3) is 0 Å². The standard InChI is InChI=1S/C29H45N3O7/c1-6-9-12-22(34)30-18-20(5)38-28(37)23-21-13-14-29(39-21)24(23)26(35)32(16-10-17-33)25(29)27(36)31(15-8-3)19(4)11-7-2/h6,8,19-21,23-25,33H,1,3,7,9-18H2,2,4-5H3,(H,30,34)/t19?,20-,21+,23-,24-,25+,29-/m0/s1. The fourth-order valence-electron chi connectivity index (χ4n) is 6.44. The molecular weight excluding hydrogens is 502 g/mol. The average molecular weight is 548 g/mol. The quantitative estimate of drug-likeness (QED) is 0.224. The lowest BCUT2D eigenvalue weighted by Gasteiger charge is -2.38. The number of allylic oxidation sites excluding steroid dienone is 1. The van der Waals surface area contributed by atoms with Crippen LogP contribution in [-0.2, 0) is 28.7 Å². The predicted molar refractivity (Wildman–Crippen MR) is 145 cm³/mol. The van der Waals surface area contributed by atoms with Gasteiger partial charge in [0, 0.05) is 32.2 Å². The number of nitrogens with one attached hydrogen (secondary N) is 1. The van der Waals surface area contributed by atoms with Gasteiger partial charge >= 0.3 is 5.97 Å². The Labute approximate surface area is 231 Å². The largest absolute Gasteiger partial charge is 0.460 e. The van der Waals surface area contributed by atoms with Crippen LogP contribution in [-0.4, -0.2) is 94.7 Å². The van der Waals surface area contributed by atoms with E-state index in [2.05, 4.69) is 25.4 Å². The molecule has 3 amide bonds. The summed E-state index contributed by atoms with van der Waals surface area (Å²) in [6.45, 7) is 13.7. The van der Waals surface area contributed by atoms with E-state index in [1.807, 2.05) is 6.92 Å². The molecule has 10 nitrogen and oxygen atoms in total. The first-order valence-electron chi connectivity index (χ1n) is 14.2. The Morgan fingerprint density at radius 1 is 1.31 bits per heavy atom. The van der Waals surface area contributed by atoms with Gasteiger partial charge < -0.3 is 29.7 Å². The van der Waals surface area contributed by atoms with E-state index in [-0.39, 0.29) is 43.5 Å². The highest BCUT2D eigenvalue weighted by Gasteiger charge is 2.75. The van der Waals surface area contributed by atoms with E-state index >= 15 is 0 Å². The van der Waals surface area contributed by atoms with Gasteiger partial charge in [0.05, 0.1) is 24.5 Å². The highest BCUT2D eigenvalue weighted by atomic mass is 16.6. The molecule has 218 valence electrons. The molecular formula is C29H45N3O7. The summed E-state index contributed by atoms with van der Waals surface area (Å²) in [7, 11) is 0. The van der Waals surface area contributed by atoms with Crippen molar-refractivity contribution in [3.63, 3.8) is 0 Å². The van der Waals surface area contributed by atoms with Crippen LogP contribution in [0.4, 0.5) is 0 Å². The van der Waals surface area contributed by atoms with Crippen LogP contribution in [0, 0.1) is 11.8 Å². The molecule has 3 fully saturated rings. The number of hydrogen-bond acceptors (Lipinski definition) is 7. The molecule has 3 saturated heterocycles. The van der Waals surface area contributed by atoms with Gasteiger partial charge in [0.2, 0.25) is 17.7 Å². The van der Waals surface area contributed by atoms with Gasteiger partial charge in [0.15, 0.2) is 0 Å². The molecule has 0 aliphatic carbocycles. The second-order valence-corrected chi connectivity index (χ2v) is 11.0. The second-order valence-electron chi connectivity index (χ2n) is 11.0. The molecule has 0 aromatic rings. The highest BCUT2D eigenvalue weighted by molar-refractivity contribution is 5.98. The monoisotopic (exact) mass is 547 g/mol. The summed E-state index contributed by atoms with van der Waals surface area (Å²) in [4.78, 5) is 56.7. The van der Waals surface area contributed by atoms with Crippen LogP contribution in [0.1, 0.15) is 65.7 Å². The van der Waals surface area contributed by atoms with E-state index in [0.29, 0.717) is 38.6 Å². The predicted octanol–water partition coefficient (Wildman–Crippen LogP) is 1.96. The van der Waals surface area contributed by atoms with Crippen molar-refractivity contribution < 1.29 is 33.8 Å². The summed E-state index contributed by atoms with van der Waals surface area (Å²) in [6.07, 6.45) is 6.13. The summed E-state index contributed by atoms with van der Waals surface area (Å²) >= 11 is 0. The van der Waals surface area contributed by atoms with Gasteiger partial charge in [-0.25, -0.2) is 0 Å². The Bertz CT molecular complexity index is 940. The van der Waals surface area contributed by atoms with Crippen LogP contribution in [0.3, 0.4) is 0 Å². The first-order chi connectivity index (χ1) is 18.7. The Balaban J connectivity index is 1.83. The molecule has 10 heteroatoms. The van der Waals surface area contributed by atoms with Crippen molar-refractivity contribution in [3.05, 3.63) is 25.3 Å². The number of aliphatic hydroxyl groups excluding tert-OH is 1. The van der Waals surface area contributed by atoms with Gasteiger partial charge in [-0.3, -0.25) is 19.2 Å². The van der Waals surface area contributed by atoms with Gasteiger partial charge in [-0.2, -0.15) is 0 Å². The minimum Gasteiger partial charge on any atom is -0.460 e. The number of rotatable bonds is 16. The molecule has 0 saturated carbocycles. The number of carbonyl (C=O) groups is 4. The number of amides is 3. The van der Waals surface area contributed by atoms with Crippen LogP contribution in [0.15, 0.2) is 25.3 Å². The van der Waals surface area contributed by atoms with E-state index in [0.717, 1.165) is 12.8 Å². The number of esters is 1. The van der Waals surface area contributed by atoms with Crippen LogP contribution in [0.25, 0.3) is 0 Å². The lowest BCUT2D eigenvalue weighted by Crippen LogP contribution is -2.58. The maximum Gasteiger partial charge on any atom is 0.312 e. The van der Waals surface area contributed by atoms with E-state index in [4.69, 9.17) is 9.47 Å². The lowest BCUT2D eigenvalue weighted by atomic mass is 9.70. The van der Waals surface area contributed by atoms with Crippen molar-refractivity contribution in [2.24, 2.45) is 11.8 Å². The number of likely N-dealkylation sites (tertiary alicyclic amines) is 1. The fourth-order valence-corrected chi connectivity index (χ4v) is 6.44. The normalized spacial score (nSPS) is 28.5. The molecule has 0 aromatic carbocycles. The highest BCUT2D eigenvalue weighted by Crippen LogP contribution is 2.59. The molecule has 0 radical (unpaired) electrons. The molecule has 3 aliphatic rings. The van der Waals surface area contributed by atoms with E-state index in [9.17, 15) is 24.3 Å². The molecule has 1 spiro atoms. The molecule has 7 atom stereocenters. The van der Waals surface area contributed by atoms with Gasteiger partial charge in [-0.1, -0.05) is 25.5 Å². The van der Waals surface area contributed by atoms with Crippen molar-refractivity contribution in [1.82, 2.24) is 15.1 Å². The molecule has 3 rings (SSSR count). The van der Waals surface area contributed by atoms with Crippen molar-refractivity contribution in [2.75, 3.05) is 26.2 Å². The summed E-state index contributed by atoms with van der Waals surface area (Å²) in [5.41, 5.74) is -1.12. The molecule has 0 aromatic heterocycles. The van der Waals surface area contributed by atoms with E-state index < -0.39 is 41.7 Å². The summed E-state index contributed by atoms with van der Waals surface area (Å²) in [6, 6.07) is -0.946. The first-order valence-corrected chi connectivity index (χ1v) is 14.2. The minimum absolute atomic E-state index is 0.0624. The molecule has 2 N–H and O–H groups in total. The molecule has 3 heterocycles. The van der Waals surface area contributed by atoms with Gasteiger partial charge in [-0.15, -0.1) is 13.2 Å². The Hall–Kier alpha value is -2.72. The maximum atomic E-state index is 14.2. The number of ether oxygens (including phenoxy) is 2. The van der Waals surface area contributed by atoms with E-state index in [1.165, 1.54) is 4.90 Å². The van der Waals surface area contributed by atoms with Crippen LogP contribution in [0.5, 0.6) is 0 Å². The van der Waals surface area contributed by atoms with Crippen LogP contribution >= 0.6 is 0 Å². The number of nitrogens with zero attached hydrogens (tertiary/aromatic N) is 2.